The third kappa shape index (κ3) is 4.45. The number of hydrogen-bond donors (Lipinski definition) is 2. The van der Waals surface area contributed by atoms with E-state index in [1.54, 1.807) is 6.08 Å². The van der Waals surface area contributed by atoms with Crippen LogP contribution < -0.4 is 5.32 Å². The fraction of sp³-hybridized carbons (Fsp3) is 0.182. The Bertz CT molecular complexity index is 423. The molecule has 0 fully saturated rings. The standard InChI is InChI=1S/C11H11NO2S/c1-12-6-2-3-9-7-10(15-8-9)4-5-11(13)14/h4-5,7-8,12H,6H2,1H3,(H,13,14)/b5-4+. The molecule has 0 saturated carbocycles. The van der Waals surface area contributed by atoms with Crippen LogP contribution in [0.2, 0.25) is 0 Å². The third-order valence-corrected chi connectivity index (χ3v) is 2.41. The van der Waals surface area contributed by atoms with Crippen LogP contribution in [0.1, 0.15) is 10.4 Å². The van der Waals surface area contributed by atoms with Gasteiger partial charge in [-0.3, -0.25) is 0 Å². The molecule has 0 radical (unpaired) electrons. The van der Waals surface area contributed by atoms with Gasteiger partial charge in [0.25, 0.3) is 0 Å². The molecule has 1 heterocycles. The number of rotatable bonds is 3. The van der Waals surface area contributed by atoms with Gasteiger partial charge in [0.05, 0.1) is 6.54 Å². The molecule has 0 aliphatic rings. The van der Waals surface area contributed by atoms with Gasteiger partial charge in [0.1, 0.15) is 0 Å². The predicted octanol–water partition coefficient (Wildman–Crippen LogP) is 1.42. The lowest BCUT2D eigenvalue weighted by Crippen LogP contribution is -2.04. The molecule has 0 saturated heterocycles. The lowest BCUT2D eigenvalue weighted by atomic mass is 10.3. The summed E-state index contributed by atoms with van der Waals surface area (Å²) in [5.41, 5.74) is 0.917. The number of carbonyl (C=O) groups is 1. The van der Waals surface area contributed by atoms with Gasteiger partial charge in [-0.05, 0) is 19.2 Å². The normalized spacial score (nSPS) is 9.93. The van der Waals surface area contributed by atoms with Crippen LogP contribution >= 0.6 is 11.3 Å². The fourth-order valence-corrected chi connectivity index (χ4v) is 1.63. The number of carboxylic acids is 1. The number of carboxylic acid groups (broad SMARTS) is 1. The lowest BCUT2D eigenvalue weighted by Gasteiger charge is -1.82. The van der Waals surface area contributed by atoms with E-state index in [4.69, 9.17) is 5.11 Å². The maximum atomic E-state index is 10.3. The largest absolute Gasteiger partial charge is 0.478 e. The van der Waals surface area contributed by atoms with E-state index in [9.17, 15) is 4.79 Å². The maximum absolute atomic E-state index is 10.3. The molecule has 4 heteroatoms. The first-order valence-electron chi connectivity index (χ1n) is 4.35. The van der Waals surface area contributed by atoms with Gasteiger partial charge in [-0.2, -0.15) is 0 Å². The Labute approximate surface area is 92.4 Å². The van der Waals surface area contributed by atoms with E-state index in [1.165, 1.54) is 11.3 Å². The Morgan fingerprint density at radius 1 is 1.73 bits per heavy atom. The molecular weight excluding hydrogens is 210 g/mol. The molecule has 0 unspecified atom stereocenters. The highest BCUT2D eigenvalue weighted by Gasteiger charge is 1.94. The van der Waals surface area contributed by atoms with Gasteiger partial charge in [0.2, 0.25) is 0 Å². The zero-order chi connectivity index (χ0) is 11.1. The van der Waals surface area contributed by atoms with Crippen molar-refractivity contribution in [3.05, 3.63) is 28.0 Å². The summed E-state index contributed by atoms with van der Waals surface area (Å²) < 4.78 is 0. The van der Waals surface area contributed by atoms with Crippen LogP contribution in [0.3, 0.4) is 0 Å². The molecule has 0 spiro atoms. The van der Waals surface area contributed by atoms with Crippen LogP contribution in [0.4, 0.5) is 0 Å². The molecule has 0 amide bonds. The summed E-state index contributed by atoms with van der Waals surface area (Å²) in [7, 11) is 1.84. The zero-order valence-electron chi connectivity index (χ0n) is 8.28. The van der Waals surface area contributed by atoms with Crippen LogP contribution in [-0.2, 0) is 4.79 Å². The average molecular weight is 221 g/mol. The topological polar surface area (TPSA) is 49.3 Å². The maximum Gasteiger partial charge on any atom is 0.328 e. The number of aliphatic carboxylic acids is 1. The highest BCUT2D eigenvalue weighted by molar-refractivity contribution is 7.11. The van der Waals surface area contributed by atoms with Crippen molar-refractivity contribution < 1.29 is 9.90 Å². The molecule has 1 rings (SSSR count). The van der Waals surface area contributed by atoms with Crippen molar-refractivity contribution in [1.29, 1.82) is 0 Å². The second kappa shape index (κ2) is 6.02. The summed E-state index contributed by atoms with van der Waals surface area (Å²) in [5.74, 6) is 4.97. The molecule has 0 bridgehead atoms. The molecule has 78 valence electrons. The van der Waals surface area contributed by atoms with Crippen molar-refractivity contribution in [1.82, 2.24) is 5.32 Å². The third-order valence-electron chi connectivity index (χ3n) is 1.51. The van der Waals surface area contributed by atoms with Crippen LogP contribution in [0.5, 0.6) is 0 Å². The SMILES string of the molecule is CNCC#Cc1csc(/C=C/C(=O)O)c1. The Kier molecular flexibility index (Phi) is 4.61. The minimum atomic E-state index is -0.939. The van der Waals surface area contributed by atoms with E-state index in [0.29, 0.717) is 6.54 Å². The molecule has 2 N–H and O–H groups in total. The Balaban J connectivity index is 2.65. The number of hydrogen-bond acceptors (Lipinski definition) is 3. The second-order valence-corrected chi connectivity index (χ2v) is 3.68. The van der Waals surface area contributed by atoms with Gasteiger partial charge in [-0.15, -0.1) is 11.3 Å². The Morgan fingerprint density at radius 3 is 3.20 bits per heavy atom. The van der Waals surface area contributed by atoms with Gasteiger partial charge in [-0.25, -0.2) is 4.79 Å². The molecule has 0 aromatic carbocycles. The quantitative estimate of drug-likeness (QED) is 0.599. The average Bonchev–Trinajstić information content (AvgIpc) is 2.63. The van der Waals surface area contributed by atoms with Gasteiger partial charge in [0.15, 0.2) is 0 Å². The minimum Gasteiger partial charge on any atom is -0.478 e. The number of thiophene rings is 1. The first-order chi connectivity index (χ1) is 7.22. The van der Waals surface area contributed by atoms with Gasteiger partial charge in [-0.1, -0.05) is 11.8 Å². The fourth-order valence-electron chi connectivity index (χ4n) is 0.894. The summed E-state index contributed by atoms with van der Waals surface area (Å²) >= 11 is 1.48. The summed E-state index contributed by atoms with van der Waals surface area (Å²) in [6, 6.07) is 1.87. The van der Waals surface area contributed by atoms with Crippen molar-refractivity contribution in [2.24, 2.45) is 0 Å². The van der Waals surface area contributed by atoms with Crippen LogP contribution in [0.25, 0.3) is 6.08 Å². The molecule has 1 aromatic rings. The zero-order valence-corrected chi connectivity index (χ0v) is 9.10. The lowest BCUT2D eigenvalue weighted by molar-refractivity contribution is -0.131. The highest BCUT2D eigenvalue weighted by atomic mass is 32.1. The predicted molar refractivity (Wildman–Crippen MR) is 61.8 cm³/mol. The van der Waals surface area contributed by atoms with Gasteiger partial charge in [0, 0.05) is 21.9 Å². The summed E-state index contributed by atoms with van der Waals surface area (Å²) in [6.07, 6.45) is 2.69. The highest BCUT2D eigenvalue weighted by Crippen LogP contribution is 2.15. The van der Waals surface area contributed by atoms with Crippen molar-refractivity contribution in [2.75, 3.05) is 13.6 Å². The molecule has 0 aliphatic heterocycles. The Hall–Kier alpha value is -1.57. The van der Waals surface area contributed by atoms with Crippen molar-refractivity contribution in [3.8, 4) is 11.8 Å². The second-order valence-electron chi connectivity index (χ2n) is 2.74. The summed E-state index contributed by atoms with van der Waals surface area (Å²) in [6.45, 7) is 0.649. The molecule has 3 nitrogen and oxygen atoms in total. The molecular formula is C11H11NO2S. The Morgan fingerprint density at radius 2 is 2.53 bits per heavy atom. The molecule has 15 heavy (non-hydrogen) atoms. The molecule has 0 aliphatic carbocycles. The minimum absolute atomic E-state index is 0.649. The first-order valence-corrected chi connectivity index (χ1v) is 5.23. The van der Waals surface area contributed by atoms with Gasteiger partial charge >= 0.3 is 5.97 Å². The van der Waals surface area contributed by atoms with Crippen LogP contribution in [0, 0.1) is 11.8 Å². The van der Waals surface area contributed by atoms with E-state index in [0.717, 1.165) is 16.5 Å². The monoisotopic (exact) mass is 221 g/mol. The van der Waals surface area contributed by atoms with Crippen molar-refractivity contribution >= 4 is 23.4 Å². The van der Waals surface area contributed by atoms with Crippen LogP contribution in [0.15, 0.2) is 17.5 Å². The molecule has 1 aromatic heterocycles. The van der Waals surface area contributed by atoms with Crippen molar-refractivity contribution in [3.63, 3.8) is 0 Å². The summed E-state index contributed by atoms with van der Waals surface area (Å²) in [4.78, 5) is 11.2. The molecule has 0 atom stereocenters. The van der Waals surface area contributed by atoms with E-state index in [2.05, 4.69) is 17.2 Å². The van der Waals surface area contributed by atoms with E-state index in [-0.39, 0.29) is 0 Å². The van der Waals surface area contributed by atoms with Crippen LogP contribution in [-0.4, -0.2) is 24.7 Å². The van der Waals surface area contributed by atoms with E-state index < -0.39 is 5.97 Å². The first kappa shape index (κ1) is 11.5. The van der Waals surface area contributed by atoms with E-state index >= 15 is 0 Å². The van der Waals surface area contributed by atoms with E-state index in [1.807, 2.05) is 18.5 Å². The number of nitrogens with one attached hydrogen (secondary N) is 1. The summed E-state index contributed by atoms with van der Waals surface area (Å²) in [5, 5.41) is 13.3. The smallest absolute Gasteiger partial charge is 0.328 e. The van der Waals surface area contributed by atoms with Crippen molar-refractivity contribution in [2.45, 2.75) is 0 Å². The van der Waals surface area contributed by atoms with Gasteiger partial charge < -0.3 is 10.4 Å².